The average Bonchev–Trinajstić information content (AvgIpc) is 2.92. The van der Waals surface area contributed by atoms with E-state index in [1.807, 2.05) is 0 Å². The van der Waals surface area contributed by atoms with Gasteiger partial charge in [0.1, 0.15) is 23.0 Å². The molecule has 3 atom stereocenters. The molecule has 1 saturated heterocycles. The lowest BCUT2D eigenvalue weighted by molar-refractivity contribution is -0.137. The zero-order valence-corrected chi connectivity index (χ0v) is 19.0. The van der Waals surface area contributed by atoms with Crippen molar-refractivity contribution in [2.24, 2.45) is 0 Å². The van der Waals surface area contributed by atoms with E-state index in [0.717, 1.165) is 6.07 Å². The van der Waals surface area contributed by atoms with Gasteiger partial charge in [0.15, 0.2) is 11.9 Å². The van der Waals surface area contributed by atoms with E-state index in [1.54, 1.807) is 0 Å². The fourth-order valence-electron chi connectivity index (χ4n) is 3.98. The number of nitrogens with zero attached hydrogens (tertiary/aromatic N) is 3. The molecule has 2 aliphatic rings. The summed E-state index contributed by atoms with van der Waals surface area (Å²) in [6.45, 7) is 1.56. The zero-order chi connectivity index (χ0) is 24.9. The van der Waals surface area contributed by atoms with Gasteiger partial charge in [0.05, 0.1) is 22.9 Å². The maximum absolute atomic E-state index is 13.6. The molecule has 2 aliphatic heterocycles. The van der Waals surface area contributed by atoms with Gasteiger partial charge >= 0.3 is 6.18 Å². The highest BCUT2D eigenvalue weighted by molar-refractivity contribution is 6.43. The molecule has 3 heterocycles. The highest BCUT2D eigenvalue weighted by Crippen LogP contribution is 2.43. The van der Waals surface area contributed by atoms with Crippen LogP contribution in [0.25, 0.3) is 0 Å². The fraction of sp³-hybridized carbons (Fsp3) is 0.381. The predicted octanol–water partition coefficient (Wildman–Crippen LogP) is 2.97. The van der Waals surface area contributed by atoms with Crippen LogP contribution in [0, 0.1) is 6.92 Å². The number of hydrogen-bond acceptors (Lipinski definition) is 6. The first-order valence-electron chi connectivity index (χ1n) is 10.1. The molecule has 182 valence electrons. The molecule has 34 heavy (non-hydrogen) atoms. The lowest BCUT2D eigenvalue weighted by Crippen LogP contribution is -2.51. The quantitative estimate of drug-likeness (QED) is 0.632. The summed E-state index contributed by atoms with van der Waals surface area (Å²) in [6, 6.07) is 2.51. The molecule has 1 aromatic heterocycles. The van der Waals surface area contributed by atoms with Crippen LogP contribution in [0.15, 0.2) is 24.3 Å². The van der Waals surface area contributed by atoms with Gasteiger partial charge in [-0.05, 0) is 37.6 Å². The second-order valence-electron chi connectivity index (χ2n) is 7.84. The first kappa shape index (κ1) is 24.5. The van der Waals surface area contributed by atoms with Crippen molar-refractivity contribution in [3.05, 3.63) is 45.6 Å². The van der Waals surface area contributed by atoms with Gasteiger partial charge in [-0.25, -0.2) is 4.98 Å². The maximum atomic E-state index is 13.6. The van der Waals surface area contributed by atoms with Gasteiger partial charge in [0.2, 0.25) is 0 Å². The number of fused-ring (bicyclic) bond motifs is 1. The topological polar surface area (TPSA) is 103 Å². The SMILES string of the molecule is Cc1cc(C(F)(F)F)cc(N2C(=O)[C@@H](O)[C@@H](O)[C@H]2C(=O)N2CCCOc3c2ccc(Cl)c3Cl)n1. The number of pyridine rings is 1. The van der Waals surface area contributed by atoms with Crippen LogP contribution in [0.2, 0.25) is 10.0 Å². The third-order valence-corrected chi connectivity index (χ3v) is 6.33. The van der Waals surface area contributed by atoms with E-state index in [2.05, 4.69) is 4.98 Å². The molecule has 0 unspecified atom stereocenters. The number of rotatable bonds is 2. The Morgan fingerprint density at radius 3 is 2.62 bits per heavy atom. The molecule has 8 nitrogen and oxygen atoms in total. The number of carbonyl (C=O) groups excluding carboxylic acids is 2. The maximum Gasteiger partial charge on any atom is 0.416 e. The highest BCUT2D eigenvalue weighted by Gasteiger charge is 2.53. The van der Waals surface area contributed by atoms with Crippen molar-refractivity contribution in [3.8, 4) is 5.75 Å². The monoisotopic (exact) mass is 519 g/mol. The molecule has 2 aromatic rings. The predicted molar refractivity (Wildman–Crippen MR) is 116 cm³/mol. The van der Waals surface area contributed by atoms with Crippen LogP contribution in [0.1, 0.15) is 17.7 Å². The molecule has 0 spiro atoms. The molecular formula is C21H18Cl2F3N3O5. The van der Waals surface area contributed by atoms with Crippen molar-refractivity contribution >= 4 is 46.5 Å². The number of aliphatic hydroxyl groups excluding tert-OH is 2. The summed E-state index contributed by atoms with van der Waals surface area (Å²) in [6.07, 6.45) is -8.37. The average molecular weight is 520 g/mol. The molecule has 2 N–H and O–H groups in total. The number of aliphatic hydroxyl groups is 2. The summed E-state index contributed by atoms with van der Waals surface area (Å²) in [5, 5.41) is 21.0. The van der Waals surface area contributed by atoms with Crippen LogP contribution < -0.4 is 14.5 Å². The summed E-state index contributed by atoms with van der Waals surface area (Å²) in [5.74, 6) is -2.43. The fourth-order valence-corrected chi connectivity index (χ4v) is 4.34. The molecule has 0 aliphatic carbocycles. The van der Waals surface area contributed by atoms with Gasteiger partial charge in [-0.15, -0.1) is 0 Å². The number of aryl methyl sites for hydroxylation is 1. The first-order valence-corrected chi connectivity index (χ1v) is 10.8. The van der Waals surface area contributed by atoms with E-state index in [9.17, 15) is 33.0 Å². The van der Waals surface area contributed by atoms with E-state index in [0.29, 0.717) is 17.4 Å². The van der Waals surface area contributed by atoms with Gasteiger partial charge in [-0.2, -0.15) is 13.2 Å². The lowest BCUT2D eigenvalue weighted by atomic mass is 10.1. The Morgan fingerprint density at radius 1 is 1.24 bits per heavy atom. The van der Waals surface area contributed by atoms with E-state index >= 15 is 0 Å². The number of benzene rings is 1. The zero-order valence-electron chi connectivity index (χ0n) is 17.5. The van der Waals surface area contributed by atoms with Crippen LogP contribution in [0.3, 0.4) is 0 Å². The van der Waals surface area contributed by atoms with Crippen molar-refractivity contribution in [2.45, 2.75) is 37.8 Å². The number of carbonyl (C=O) groups is 2. The van der Waals surface area contributed by atoms with Crippen LogP contribution >= 0.6 is 23.2 Å². The molecule has 0 radical (unpaired) electrons. The number of amides is 2. The normalized spacial score (nSPS) is 22.9. The van der Waals surface area contributed by atoms with Crippen LogP contribution in [0.5, 0.6) is 5.75 Å². The molecule has 13 heteroatoms. The van der Waals surface area contributed by atoms with E-state index in [1.165, 1.54) is 24.0 Å². The summed E-state index contributed by atoms with van der Waals surface area (Å²) < 4.78 is 45.7. The Balaban J connectivity index is 1.80. The summed E-state index contributed by atoms with van der Waals surface area (Å²) in [7, 11) is 0. The second-order valence-corrected chi connectivity index (χ2v) is 8.63. The molecule has 1 aromatic carbocycles. The highest BCUT2D eigenvalue weighted by atomic mass is 35.5. The number of aromatic nitrogens is 1. The molecule has 2 amide bonds. The third-order valence-electron chi connectivity index (χ3n) is 5.54. The first-order chi connectivity index (χ1) is 15.9. The van der Waals surface area contributed by atoms with Crippen LogP contribution in [-0.4, -0.2) is 58.4 Å². The van der Waals surface area contributed by atoms with Gasteiger partial charge in [0.25, 0.3) is 11.8 Å². The van der Waals surface area contributed by atoms with Crippen molar-refractivity contribution in [3.63, 3.8) is 0 Å². The van der Waals surface area contributed by atoms with Crippen molar-refractivity contribution in [1.82, 2.24) is 4.98 Å². The van der Waals surface area contributed by atoms with Gasteiger partial charge in [-0.3, -0.25) is 14.5 Å². The molecule has 0 bridgehead atoms. The summed E-state index contributed by atoms with van der Waals surface area (Å²) in [5.41, 5.74) is -0.972. The number of anilines is 2. The van der Waals surface area contributed by atoms with Crippen LogP contribution in [0.4, 0.5) is 24.7 Å². The molecule has 4 rings (SSSR count). The minimum Gasteiger partial charge on any atom is -0.490 e. The van der Waals surface area contributed by atoms with Crippen molar-refractivity contribution in [2.75, 3.05) is 23.0 Å². The Hall–Kier alpha value is -2.60. The van der Waals surface area contributed by atoms with Crippen molar-refractivity contribution in [1.29, 1.82) is 0 Å². The summed E-state index contributed by atoms with van der Waals surface area (Å²) in [4.78, 5) is 32.2. The molecule has 0 saturated carbocycles. The third kappa shape index (κ3) is 4.17. The smallest absolute Gasteiger partial charge is 0.416 e. The largest absolute Gasteiger partial charge is 0.490 e. The lowest BCUT2D eigenvalue weighted by Gasteiger charge is -2.31. The van der Waals surface area contributed by atoms with E-state index < -0.39 is 47.6 Å². The Kier molecular flexibility index (Phi) is 6.40. The Morgan fingerprint density at radius 2 is 1.94 bits per heavy atom. The molecular weight excluding hydrogens is 502 g/mol. The Labute approximate surface area is 201 Å². The number of halogens is 5. The van der Waals surface area contributed by atoms with E-state index in [4.69, 9.17) is 27.9 Å². The van der Waals surface area contributed by atoms with Gasteiger partial charge in [-0.1, -0.05) is 23.2 Å². The van der Waals surface area contributed by atoms with E-state index in [-0.39, 0.29) is 40.3 Å². The Bertz CT molecular complexity index is 1160. The summed E-state index contributed by atoms with van der Waals surface area (Å²) >= 11 is 12.3. The second kappa shape index (κ2) is 8.88. The number of hydrogen-bond donors (Lipinski definition) is 2. The molecule has 1 fully saturated rings. The van der Waals surface area contributed by atoms with Crippen molar-refractivity contribution < 1.29 is 37.7 Å². The number of alkyl halides is 3. The minimum absolute atomic E-state index is 0.0500. The van der Waals surface area contributed by atoms with Gasteiger partial charge < -0.3 is 19.8 Å². The minimum atomic E-state index is -4.75. The number of ether oxygens (including phenoxy) is 1. The standard InChI is InChI=1S/C21H18Cl2F3N3O5/c1-9-7-10(21(24,25)26)8-13(27-9)29-15(16(30)17(31)20(29)33)19(32)28-5-2-6-34-18-12(28)4-3-11(22)14(18)23/h3-4,7-8,15-17,30-31H,2,5-6H2,1H3/t15-,16-,17-/m0/s1. The van der Waals surface area contributed by atoms with Gasteiger partial charge in [0, 0.05) is 12.2 Å². The van der Waals surface area contributed by atoms with Crippen LogP contribution in [-0.2, 0) is 15.8 Å².